The average Bonchev–Trinajstić information content (AvgIpc) is 3.96. The van der Waals surface area contributed by atoms with Gasteiger partial charge in [0.1, 0.15) is 29.3 Å². The first-order valence-electron chi connectivity index (χ1n) is 16.7. The van der Waals surface area contributed by atoms with Gasteiger partial charge in [0.2, 0.25) is 27.7 Å². The molecule has 1 aromatic heterocycles. The van der Waals surface area contributed by atoms with Crippen LogP contribution in [0.3, 0.4) is 0 Å². The van der Waals surface area contributed by atoms with Crippen LogP contribution in [0.15, 0.2) is 48.7 Å². The lowest BCUT2D eigenvalue weighted by Crippen LogP contribution is -2.59. The maximum Gasteiger partial charge on any atom is 0.408 e. The van der Waals surface area contributed by atoms with E-state index in [1.54, 1.807) is 27.0 Å². The largest absolute Gasteiger partial charge is 0.472 e. The van der Waals surface area contributed by atoms with Crippen molar-refractivity contribution in [2.75, 3.05) is 19.8 Å². The molecule has 15 heteroatoms. The highest BCUT2D eigenvalue weighted by Gasteiger charge is 2.62. The summed E-state index contributed by atoms with van der Waals surface area (Å²) in [6.45, 7) is 5.17. The van der Waals surface area contributed by atoms with E-state index in [-0.39, 0.29) is 32.6 Å². The van der Waals surface area contributed by atoms with E-state index in [1.165, 1.54) is 4.90 Å². The fourth-order valence-corrected chi connectivity index (χ4v) is 7.64. The van der Waals surface area contributed by atoms with Crippen LogP contribution in [0, 0.1) is 5.92 Å². The summed E-state index contributed by atoms with van der Waals surface area (Å²) in [6.07, 6.45) is 6.13. The zero-order chi connectivity index (χ0) is 35.0. The van der Waals surface area contributed by atoms with Crippen molar-refractivity contribution in [1.29, 1.82) is 0 Å². The van der Waals surface area contributed by atoms with Crippen LogP contribution in [0.5, 0.6) is 5.88 Å². The van der Waals surface area contributed by atoms with E-state index in [0.717, 1.165) is 10.8 Å². The fourth-order valence-electron chi connectivity index (χ4n) is 6.28. The van der Waals surface area contributed by atoms with Gasteiger partial charge in [0.05, 0.1) is 18.4 Å². The van der Waals surface area contributed by atoms with E-state index in [1.807, 2.05) is 42.5 Å². The average molecular weight is 698 g/mol. The quantitative estimate of drug-likeness (QED) is 0.379. The number of pyridine rings is 1. The van der Waals surface area contributed by atoms with E-state index in [2.05, 4.69) is 20.3 Å². The molecule has 5 atom stereocenters. The van der Waals surface area contributed by atoms with Gasteiger partial charge in [0, 0.05) is 30.5 Å². The number of nitrogens with zero attached hydrogens (tertiary/aromatic N) is 2. The number of aromatic nitrogens is 1. The minimum absolute atomic E-state index is 0.0348. The molecule has 0 bridgehead atoms. The summed E-state index contributed by atoms with van der Waals surface area (Å²) >= 11 is 0. The van der Waals surface area contributed by atoms with Crippen LogP contribution in [0.4, 0.5) is 4.79 Å². The van der Waals surface area contributed by atoms with Gasteiger partial charge >= 0.3 is 6.09 Å². The molecule has 0 spiro atoms. The molecule has 49 heavy (non-hydrogen) atoms. The lowest BCUT2D eigenvalue weighted by molar-refractivity contribution is -0.142. The first-order valence-corrected chi connectivity index (χ1v) is 18.2. The molecule has 3 N–H and O–H groups in total. The third-order valence-electron chi connectivity index (χ3n) is 9.03. The van der Waals surface area contributed by atoms with Gasteiger partial charge in [-0.25, -0.2) is 18.2 Å². The van der Waals surface area contributed by atoms with Gasteiger partial charge in [-0.3, -0.25) is 19.1 Å². The van der Waals surface area contributed by atoms with Gasteiger partial charge in [-0.2, -0.15) is 0 Å². The Labute approximate surface area is 285 Å². The molecule has 2 aliphatic carbocycles. The number of ether oxygens (including phenoxy) is 3. The van der Waals surface area contributed by atoms with Crippen LogP contribution in [0.25, 0.3) is 10.8 Å². The number of alkyl carbamates (subject to hydrolysis) is 1. The van der Waals surface area contributed by atoms with Gasteiger partial charge in [0.25, 0.3) is 5.91 Å². The van der Waals surface area contributed by atoms with Crippen molar-refractivity contribution in [2.45, 2.75) is 93.9 Å². The van der Waals surface area contributed by atoms with Gasteiger partial charge in [0.15, 0.2) is 0 Å². The molecule has 2 aromatic rings. The van der Waals surface area contributed by atoms with E-state index in [0.29, 0.717) is 31.6 Å². The summed E-state index contributed by atoms with van der Waals surface area (Å²) in [5.74, 6) is -2.16. The van der Waals surface area contributed by atoms with Crippen molar-refractivity contribution in [3.05, 3.63) is 48.7 Å². The molecule has 4 aliphatic rings. The van der Waals surface area contributed by atoms with Gasteiger partial charge in [-0.1, -0.05) is 30.4 Å². The molecule has 3 heterocycles. The highest BCUT2D eigenvalue weighted by Crippen LogP contribution is 2.46. The second-order valence-electron chi connectivity index (χ2n) is 14.1. The third kappa shape index (κ3) is 7.99. The molecule has 0 radical (unpaired) electrons. The van der Waals surface area contributed by atoms with Gasteiger partial charge in [-0.05, 0) is 70.4 Å². The number of carbonyl (C=O) groups is 4. The number of carbonyl (C=O) groups excluding carboxylic acids is 4. The Kier molecular flexibility index (Phi) is 9.59. The molecule has 6 rings (SSSR count). The number of sulfonamides is 1. The Bertz CT molecular complexity index is 1750. The van der Waals surface area contributed by atoms with E-state index in [4.69, 9.17) is 14.2 Å². The first-order chi connectivity index (χ1) is 23.3. The summed E-state index contributed by atoms with van der Waals surface area (Å²) in [4.78, 5) is 60.6. The number of fused-ring (bicyclic) bond motifs is 3. The molecule has 2 aliphatic heterocycles. The lowest BCUT2D eigenvalue weighted by atomic mass is 10.1. The van der Waals surface area contributed by atoms with Crippen molar-refractivity contribution in [1.82, 2.24) is 25.2 Å². The maximum absolute atomic E-state index is 14.3. The summed E-state index contributed by atoms with van der Waals surface area (Å²) in [7, 11) is -3.89. The van der Waals surface area contributed by atoms with Crippen LogP contribution in [0.1, 0.15) is 59.3 Å². The Morgan fingerprint density at radius 2 is 1.92 bits per heavy atom. The summed E-state index contributed by atoms with van der Waals surface area (Å²) in [6, 6.07) is 7.04. The molecule has 14 nitrogen and oxygen atoms in total. The number of hydrogen-bond acceptors (Lipinski definition) is 10. The van der Waals surface area contributed by atoms with Crippen LogP contribution in [-0.4, -0.2) is 96.5 Å². The smallest absolute Gasteiger partial charge is 0.408 e. The Morgan fingerprint density at radius 3 is 2.67 bits per heavy atom. The molecule has 4 amide bonds. The molecular weight excluding hydrogens is 654 g/mol. The maximum atomic E-state index is 14.3. The predicted octanol–water partition coefficient (Wildman–Crippen LogP) is 2.33. The minimum atomic E-state index is -3.89. The topological polar surface area (TPSA) is 182 Å². The van der Waals surface area contributed by atoms with Crippen LogP contribution >= 0.6 is 0 Å². The second kappa shape index (κ2) is 13.6. The highest BCUT2D eigenvalue weighted by atomic mass is 32.2. The number of allylic oxidation sites excluding steroid dienone is 1. The van der Waals surface area contributed by atoms with Crippen LogP contribution in [-0.2, 0) is 33.9 Å². The molecule has 3 fully saturated rings. The van der Waals surface area contributed by atoms with Crippen molar-refractivity contribution >= 4 is 44.6 Å². The van der Waals surface area contributed by atoms with Gasteiger partial charge in [-0.15, -0.1) is 0 Å². The Hall–Kier alpha value is -4.24. The van der Waals surface area contributed by atoms with Crippen molar-refractivity contribution < 1.29 is 41.8 Å². The summed E-state index contributed by atoms with van der Waals surface area (Å²) < 4.78 is 45.2. The second-order valence-corrected chi connectivity index (χ2v) is 16.1. The van der Waals surface area contributed by atoms with Crippen molar-refractivity contribution in [3.8, 4) is 5.88 Å². The van der Waals surface area contributed by atoms with Crippen LogP contribution < -0.4 is 20.1 Å². The zero-order valence-corrected chi connectivity index (χ0v) is 28.7. The minimum Gasteiger partial charge on any atom is -0.472 e. The van der Waals surface area contributed by atoms with Crippen molar-refractivity contribution in [2.24, 2.45) is 5.92 Å². The number of hydrogen-bond donors (Lipinski definition) is 3. The number of benzene rings is 1. The first kappa shape index (κ1) is 34.6. The van der Waals surface area contributed by atoms with E-state index < -0.39 is 74.3 Å². The zero-order valence-electron chi connectivity index (χ0n) is 27.8. The predicted molar refractivity (Wildman–Crippen MR) is 178 cm³/mol. The fraction of sp³-hybridized carbons (Fsp3) is 0.559. The Balaban J connectivity index is 1.30. The monoisotopic (exact) mass is 697 g/mol. The molecule has 264 valence electrons. The van der Waals surface area contributed by atoms with Gasteiger partial charge < -0.3 is 29.7 Å². The number of nitrogens with one attached hydrogen (secondary N) is 3. The third-order valence-corrected chi connectivity index (χ3v) is 10.8. The highest BCUT2D eigenvalue weighted by molar-refractivity contribution is 7.91. The standard InChI is InChI=1S/C34H43N5O9S/c1-33(2,3)48-32(43)36-26-20-46-16-8-4-5-10-22-18-34(22,31(42)38-49(44,45)24-12-13-24)37-28(40)27-17-23(19-39(27)30(26)41)47-29-25-11-7-6-9-21(25)14-15-35-29/h5-7,9-11,14-15,22-24,26-27H,4,8,12-13,16-20H2,1-3H3,(H,36,43)(H,37,40)(H,38,42)/b10-5-/t22?,23?,26-,27-,34+/m0/s1. The number of rotatable bonds is 6. The van der Waals surface area contributed by atoms with E-state index >= 15 is 0 Å². The normalized spacial score (nSPS) is 28.6. The molecule has 1 saturated heterocycles. The number of amides is 4. The van der Waals surface area contributed by atoms with Crippen molar-refractivity contribution in [3.63, 3.8) is 0 Å². The summed E-state index contributed by atoms with van der Waals surface area (Å²) in [5.41, 5.74) is -2.34. The summed E-state index contributed by atoms with van der Waals surface area (Å²) in [5, 5.41) is 6.47. The molecule has 2 saturated carbocycles. The molecule has 1 aromatic carbocycles. The lowest BCUT2D eigenvalue weighted by Gasteiger charge is -2.30. The molecular formula is C34H43N5O9S. The van der Waals surface area contributed by atoms with Crippen LogP contribution in [0.2, 0.25) is 0 Å². The Morgan fingerprint density at radius 1 is 1.14 bits per heavy atom. The SMILES string of the molecule is CC(C)(C)OC(=O)N[C@H]1COCCC/C=C\C2C[C@@]2(C(=O)NS(=O)(=O)C2CC2)NC(=O)[C@@H]2CC(Oc3nccc4ccccc34)CN2C1=O. The van der Waals surface area contributed by atoms with E-state index in [9.17, 15) is 27.6 Å². The molecule has 2 unspecified atom stereocenters.